The summed E-state index contributed by atoms with van der Waals surface area (Å²) in [7, 11) is 1.58. The summed E-state index contributed by atoms with van der Waals surface area (Å²) in [5.74, 6) is 1.59. The normalized spacial score (nSPS) is 22.6. The monoisotopic (exact) mass is 280 g/mol. The molecule has 1 aromatic rings. The predicted octanol–water partition coefficient (Wildman–Crippen LogP) is 1.49. The highest BCUT2D eigenvalue weighted by molar-refractivity contribution is 5.69. The molecule has 1 aliphatic heterocycles. The van der Waals surface area contributed by atoms with E-state index in [4.69, 9.17) is 5.73 Å². The molecule has 1 aromatic heterocycles. The van der Waals surface area contributed by atoms with Gasteiger partial charge in [-0.15, -0.1) is 0 Å². The van der Waals surface area contributed by atoms with E-state index in [9.17, 15) is 10.1 Å². The van der Waals surface area contributed by atoms with Gasteiger partial charge < -0.3 is 16.0 Å². The second kappa shape index (κ2) is 5.48. The molecule has 1 saturated heterocycles. The van der Waals surface area contributed by atoms with Crippen LogP contribution < -0.4 is 16.0 Å². The van der Waals surface area contributed by atoms with Crippen molar-refractivity contribution >= 4 is 23.3 Å². The summed E-state index contributed by atoms with van der Waals surface area (Å²) in [6.45, 7) is 6.03. The first-order chi connectivity index (χ1) is 9.42. The Hall–Kier alpha value is -2.12. The molecule has 0 spiro atoms. The molecule has 8 nitrogen and oxygen atoms in total. The van der Waals surface area contributed by atoms with Gasteiger partial charge >= 0.3 is 5.69 Å². The fourth-order valence-corrected chi connectivity index (χ4v) is 2.78. The molecular weight excluding hydrogens is 260 g/mol. The Bertz CT molecular complexity index is 511. The molecule has 0 aromatic carbocycles. The van der Waals surface area contributed by atoms with E-state index in [1.165, 1.54) is 0 Å². The molecule has 110 valence electrons. The van der Waals surface area contributed by atoms with Crippen LogP contribution in [0.1, 0.15) is 20.3 Å². The Labute approximate surface area is 117 Å². The first-order valence-corrected chi connectivity index (χ1v) is 6.67. The Morgan fingerprint density at radius 2 is 1.95 bits per heavy atom. The topological polar surface area (TPSA) is 110 Å². The third kappa shape index (κ3) is 2.73. The van der Waals surface area contributed by atoms with Gasteiger partial charge in [-0.2, -0.15) is 9.97 Å². The molecule has 0 saturated carbocycles. The molecule has 2 atom stereocenters. The molecule has 1 aliphatic rings. The summed E-state index contributed by atoms with van der Waals surface area (Å²) in [5.41, 5.74) is 5.45. The molecule has 2 rings (SSSR count). The van der Waals surface area contributed by atoms with Crippen LogP contribution in [-0.4, -0.2) is 35.0 Å². The highest BCUT2D eigenvalue weighted by Gasteiger charge is 2.28. The third-order valence-electron chi connectivity index (χ3n) is 3.47. The minimum atomic E-state index is -0.563. The number of piperidine rings is 1. The zero-order valence-electron chi connectivity index (χ0n) is 12.0. The minimum Gasteiger partial charge on any atom is -0.378 e. The van der Waals surface area contributed by atoms with Gasteiger partial charge in [0, 0.05) is 20.1 Å². The van der Waals surface area contributed by atoms with Crippen LogP contribution >= 0.6 is 0 Å². The van der Waals surface area contributed by atoms with Gasteiger partial charge in [0.25, 0.3) is 0 Å². The van der Waals surface area contributed by atoms with E-state index in [1.54, 1.807) is 7.05 Å². The molecule has 0 unspecified atom stereocenters. The summed E-state index contributed by atoms with van der Waals surface area (Å²) in [5, 5.41) is 13.7. The minimum absolute atomic E-state index is 0.102. The maximum Gasteiger partial charge on any atom is 0.353 e. The number of nitrogen functional groups attached to an aromatic ring is 1. The van der Waals surface area contributed by atoms with E-state index in [1.807, 2.05) is 4.90 Å². The van der Waals surface area contributed by atoms with Crippen LogP contribution in [0.25, 0.3) is 0 Å². The number of nitro groups is 1. The van der Waals surface area contributed by atoms with Crippen LogP contribution in [0, 0.1) is 22.0 Å². The number of nitrogens with zero attached hydrogens (tertiary/aromatic N) is 4. The summed E-state index contributed by atoms with van der Waals surface area (Å²) in [6.07, 6.45) is 1.16. The number of hydrogen-bond acceptors (Lipinski definition) is 7. The Morgan fingerprint density at radius 1 is 1.35 bits per heavy atom. The Morgan fingerprint density at radius 3 is 2.45 bits per heavy atom. The molecule has 20 heavy (non-hydrogen) atoms. The van der Waals surface area contributed by atoms with Gasteiger partial charge in [-0.1, -0.05) is 13.8 Å². The van der Waals surface area contributed by atoms with Crippen LogP contribution in [-0.2, 0) is 0 Å². The first kappa shape index (κ1) is 14.3. The van der Waals surface area contributed by atoms with E-state index in [2.05, 4.69) is 29.1 Å². The van der Waals surface area contributed by atoms with E-state index in [0.717, 1.165) is 19.5 Å². The molecule has 1 fully saturated rings. The van der Waals surface area contributed by atoms with Crippen molar-refractivity contribution in [2.75, 3.05) is 36.1 Å². The van der Waals surface area contributed by atoms with Gasteiger partial charge in [-0.3, -0.25) is 10.1 Å². The number of nitrogens with one attached hydrogen (secondary N) is 1. The number of rotatable bonds is 3. The number of anilines is 3. The van der Waals surface area contributed by atoms with Gasteiger partial charge in [0.15, 0.2) is 0 Å². The van der Waals surface area contributed by atoms with Crippen molar-refractivity contribution < 1.29 is 4.92 Å². The van der Waals surface area contributed by atoms with E-state index in [-0.39, 0.29) is 17.3 Å². The van der Waals surface area contributed by atoms with Crippen molar-refractivity contribution in [1.82, 2.24) is 9.97 Å². The predicted molar refractivity (Wildman–Crippen MR) is 77.8 cm³/mol. The second-order valence-corrected chi connectivity index (χ2v) is 5.46. The van der Waals surface area contributed by atoms with Crippen LogP contribution in [0.4, 0.5) is 23.3 Å². The van der Waals surface area contributed by atoms with Crippen LogP contribution in [0.15, 0.2) is 0 Å². The van der Waals surface area contributed by atoms with Crippen molar-refractivity contribution in [3.8, 4) is 0 Å². The molecule has 0 bridgehead atoms. The van der Waals surface area contributed by atoms with Crippen molar-refractivity contribution in [3.63, 3.8) is 0 Å². The Kier molecular flexibility index (Phi) is 3.91. The maximum absolute atomic E-state index is 11.0. The van der Waals surface area contributed by atoms with Gasteiger partial charge in [0.05, 0.1) is 4.92 Å². The highest BCUT2D eigenvalue weighted by Crippen LogP contribution is 2.31. The molecule has 3 N–H and O–H groups in total. The SMILES string of the molecule is CNc1nc(N2C[C@H](C)C[C@@H](C)C2)nc(N)c1[N+](=O)[O-]. The molecule has 0 aliphatic carbocycles. The largest absolute Gasteiger partial charge is 0.378 e. The molecular formula is C12H20N6O2. The molecule has 8 heteroatoms. The Balaban J connectivity index is 2.38. The highest BCUT2D eigenvalue weighted by atomic mass is 16.6. The number of nitrogens with two attached hydrogens (primary N) is 1. The average molecular weight is 280 g/mol. The maximum atomic E-state index is 11.0. The zero-order valence-corrected chi connectivity index (χ0v) is 12.0. The lowest BCUT2D eigenvalue weighted by Gasteiger charge is -2.35. The van der Waals surface area contributed by atoms with Gasteiger partial charge in [0.1, 0.15) is 0 Å². The fourth-order valence-electron chi connectivity index (χ4n) is 2.78. The van der Waals surface area contributed by atoms with Crippen molar-refractivity contribution in [2.24, 2.45) is 11.8 Å². The molecule has 2 heterocycles. The van der Waals surface area contributed by atoms with Crippen molar-refractivity contribution in [2.45, 2.75) is 20.3 Å². The van der Waals surface area contributed by atoms with Gasteiger partial charge in [-0.25, -0.2) is 0 Å². The zero-order chi connectivity index (χ0) is 14.9. The van der Waals surface area contributed by atoms with Crippen LogP contribution in [0.5, 0.6) is 0 Å². The lowest BCUT2D eigenvalue weighted by Crippen LogP contribution is -2.39. The van der Waals surface area contributed by atoms with Gasteiger partial charge in [-0.05, 0) is 18.3 Å². The van der Waals surface area contributed by atoms with E-state index < -0.39 is 4.92 Å². The summed E-state index contributed by atoms with van der Waals surface area (Å²) in [4.78, 5) is 20.8. The third-order valence-corrected chi connectivity index (χ3v) is 3.47. The van der Waals surface area contributed by atoms with E-state index >= 15 is 0 Å². The number of aromatic nitrogens is 2. The summed E-state index contributed by atoms with van der Waals surface area (Å²) >= 11 is 0. The lowest BCUT2D eigenvalue weighted by atomic mass is 9.92. The summed E-state index contributed by atoms with van der Waals surface area (Å²) < 4.78 is 0. The van der Waals surface area contributed by atoms with Crippen LogP contribution in [0.2, 0.25) is 0 Å². The van der Waals surface area contributed by atoms with Crippen LogP contribution in [0.3, 0.4) is 0 Å². The molecule has 0 amide bonds. The lowest BCUT2D eigenvalue weighted by molar-refractivity contribution is -0.383. The average Bonchev–Trinajstić information content (AvgIpc) is 2.35. The van der Waals surface area contributed by atoms with Crippen molar-refractivity contribution in [3.05, 3.63) is 10.1 Å². The summed E-state index contributed by atoms with van der Waals surface area (Å²) in [6, 6.07) is 0. The quantitative estimate of drug-likeness (QED) is 0.637. The van der Waals surface area contributed by atoms with E-state index in [0.29, 0.717) is 17.8 Å². The van der Waals surface area contributed by atoms with Gasteiger partial charge in [0.2, 0.25) is 17.6 Å². The number of hydrogen-bond donors (Lipinski definition) is 2. The molecule has 0 radical (unpaired) electrons. The van der Waals surface area contributed by atoms with Crippen molar-refractivity contribution in [1.29, 1.82) is 0 Å². The second-order valence-electron chi connectivity index (χ2n) is 5.46. The fraction of sp³-hybridized carbons (Fsp3) is 0.667. The standard InChI is InChI=1S/C12H20N6O2/c1-7-4-8(2)6-17(5-7)12-15-10(13)9(18(19)20)11(14-3)16-12/h7-8H,4-6H2,1-3H3,(H3,13,14,15,16)/t7-,8-/m1/s1. The first-order valence-electron chi connectivity index (χ1n) is 6.67. The smallest absolute Gasteiger partial charge is 0.353 e.